The van der Waals surface area contributed by atoms with Gasteiger partial charge in [0.05, 0.1) is 26.1 Å². The van der Waals surface area contributed by atoms with Gasteiger partial charge in [0.15, 0.2) is 0 Å². The van der Waals surface area contributed by atoms with Crippen molar-refractivity contribution in [3.63, 3.8) is 0 Å². The van der Waals surface area contributed by atoms with Crippen LogP contribution in [0.5, 0.6) is 5.75 Å². The number of hydrogen-bond acceptors (Lipinski definition) is 6. The van der Waals surface area contributed by atoms with E-state index in [2.05, 4.69) is 10.9 Å². The monoisotopic (exact) mass is 368 g/mol. The SMILES string of the molecule is C[N+](C)(C)c1ccc2ccc(O)c(NNc3ccc(N)cc3[N+](=O)[O-])c2c1. The number of hydrogen-bond donors (Lipinski definition) is 4. The second kappa shape index (κ2) is 6.65. The van der Waals surface area contributed by atoms with Gasteiger partial charge in [-0.3, -0.25) is 25.4 Å². The first-order valence-corrected chi connectivity index (χ1v) is 8.30. The number of rotatable bonds is 5. The van der Waals surface area contributed by atoms with E-state index < -0.39 is 4.92 Å². The topological polar surface area (TPSA) is 113 Å². The summed E-state index contributed by atoms with van der Waals surface area (Å²) in [5.41, 5.74) is 13.2. The van der Waals surface area contributed by atoms with Gasteiger partial charge in [-0.2, -0.15) is 0 Å². The van der Waals surface area contributed by atoms with Gasteiger partial charge in [0, 0.05) is 23.2 Å². The van der Waals surface area contributed by atoms with Crippen LogP contribution in [0.1, 0.15) is 0 Å². The molecule has 8 heteroatoms. The Morgan fingerprint density at radius 3 is 2.41 bits per heavy atom. The first-order valence-electron chi connectivity index (χ1n) is 8.30. The Bertz CT molecular complexity index is 1030. The van der Waals surface area contributed by atoms with E-state index in [9.17, 15) is 15.2 Å². The molecule has 0 aliphatic rings. The summed E-state index contributed by atoms with van der Waals surface area (Å²) in [6, 6.07) is 13.7. The highest BCUT2D eigenvalue weighted by atomic mass is 16.6. The smallest absolute Gasteiger partial charge is 0.296 e. The zero-order valence-electron chi connectivity index (χ0n) is 15.4. The first-order chi connectivity index (χ1) is 12.7. The summed E-state index contributed by atoms with van der Waals surface area (Å²) < 4.78 is 0.613. The molecule has 0 fully saturated rings. The predicted molar refractivity (Wildman–Crippen MR) is 110 cm³/mol. The lowest BCUT2D eigenvalue weighted by molar-refractivity contribution is -0.383. The first kappa shape index (κ1) is 18.3. The number of nitro groups is 1. The van der Waals surface area contributed by atoms with Gasteiger partial charge in [-0.1, -0.05) is 6.07 Å². The van der Waals surface area contributed by atoms with Gasteiger partial charge >= 0.3 is 0 Å². The van der Waals surface area contributed by atoms with Crippen molar-refractivity contribution >= 4 is 39.2 Å². The molecule has 0 atom stereocenters. The number of hydrazine groups is 1. The molecule has 5 N–H and O–H groups in total. The lowest BCUT2D eigenvalue weighted by atomic mass is 10.1. The van der Waals surface area contributed by atoms with Crippen molar-refractivity contribution in [1.82, 2.24) is 4.48 Å². The third kappa shape index (κ3) is 3.70. The molecule has 0 saturated heterocycles. The number of phenols is 1. The van der Waals surface area contributed by atoms with Crippen LogP contribution in [0.4, 0.5) is 28.4 Å². The molecule has 3 rings (SSSR count). The molecule has 8 nitrogen and oxygen atoms in total. The summed E-state index contributed by atoms with van der Waals surface area (Å²) >= 11 is 0. The van der Waals surface area contributed by atoms with Crippen LogP contribution < -0.4 is 21.1 Å². The van der Waals surface area contributed by atoms with Crippen LogP contribution in [0.2, 0.25) is 0 Å². The number of aromatic hydroxyl groups is 1. The molecule has 27 heavy (non-hydrogen) atoms. The third-order valence-corrected chi connectivity index (χ3v) is 4.30. The van der Waals surface area contributed by atoms with Crippen LogP contribution in [0.15, 0.2) is 48.5 Å². The molecular weight excluding hydrogens is 346 g/mol. The summed E-state index contributed by atoms with van der Waals surface area (Å²) in [4.78, 5) is 10.7. The Morgan fingerprint density at radius 2 is 1.74 bits per heavy atom. The Hall–Kier alpha value is -3.52. The molecule has 3 aromatic rings. The van der Waals surface area contributed by atoms with E-state index in [1.807, 2.05) is 45.4 Å². The van der Waals surface area contributed by atoms with Crippen molar-refractivity contribution in [1.29, 1.82) is 0 Å². The average molecular weight is 368 g/mol. The molecule has 3 aromatic carbocycles. The zero-order valence-corrected chi connectivity index (χ0v) is 15.4. The lowest BCUT2D eigenvalue weighted by Gasteiger charge is -2.24. The maximum absolute atomic E-state index is 11.3. The van der Waals surface area contributed by atoms with Crippen LogP contribution in [0.3, 0.4) is 0 Å². The van der Waals surface area contributed by atoms with E-state index in [0.29, 0.717) is 15.9 Å². The third-order valence-electron chi connectivity index (χ3n) is 4.30. The van der Waals surface area contributed by atoms with Gasteiger partial charge in [-0.25, -0.2) is 0 Å². The predicted octanol–water partition coefficient (Wildman–Crippen LogP) is 3.67. The largest absolute Gasteiger partial charge is 0.506 e. The minimum atomic E-state index is -0.515. The number of benzene rings is 3. The number of nitrogen functional groups attached to an aromatic ring is 1. The minimum Gasteiger partial charge on any atom is -0.506 e. The van der Waals surface area contributed by atoms with Gasteiger partial charge in [0.25, 0.3) is 5.69 Å². The van der Waals surface area contributed by atoms with Crippen molar-refractivity contribution in [2.45, 2.75) is 0 Å². The molecule has 0 saturated carbocycles. The minimum absolute atomic E-state index is 0.0339. The number of nitrogens with two attached hydrogens (primary N) is 1. The standard InChI is InChI=1S/C19H21N5O3/c1-24(2,3)14-7-4-12-5-9-18(25)19(15(12)11-14)22-21-16-8-6-13(20)10-17(16)23(26)27/h4-11,21-22H,20H2,1-3H3/p+1. The fourth-order valence-corrected chi connectivity index (χ4v) is 2.78. The van der Waals surface area contributed by atoms with Crippen LogP contribution in [0, 0.1) is 10.1 Å². The zero-order chi connectivity index (χ0) is 19.8. The van der Waals surface area contributed by atoms with Crippen LogP contribution in [-0.4, -0.2) is 31.2 Å². The number of anilines is 3. The van der Waals surface area contributed by atoms with E-state index in [0.717, 1.165) is 16.5 Å². The van der Waals surface area contributed by atoms with E-state index in [1.165, 1.54) is 12.1 Å². The van der Waals surface area contributed by atoms with Crippen molar-refractivity contribution in [3.05, 3.63) is 58.6 Å². The molecular formula is C19H22N5O3+. The molecule has 0 amide bonds. The Labute approximate surface area is 156 Å². The lowest BCUT2D eigenvalue weighted by Crippen LogP contribution is -2.34. The van der Waals surface area contributed by atoms with Crippen LogP contribution in [0.25, 0.3) is 10.8 Å². The molecule has 0 aliphatic heterocycles. The Kier molecular flexibility index (Phi) is 4.50. The van der Waals surface area contributed by atoms with Crippen molar-refractivity contribution in [2.75, 3.05) is 37.7 Å². The fourth-order valence-electron chi connectivity index (χ4n) is 2.78. The van der Waals surface area contributed by atoms with Crippen LogP contribution >= 0.6 is 0 Å². The Balaban J connectivity index is 2.02. The van der Waals surface area contributed by atoms with Crippen LogP contribution in [-0.2, 0) is 0 Å². The second-order valence-electron chi connectivity index (χ2n) is 7.16. The molecule has 0 heterocycles. The molecule has 140 valence electrons. The van der Waals surface area contributed by atoms with Crippen molar-refractivity contribution in [3.8, 4) is 5.75 Å². The van der Waals surface area contributed by atoms with Crippen molar-refractivity contribution in [2.24, 2.45) is 0 Å². The fraction of sp³-hybridized carbons (Fsp3) is 0.158. The number of fused-ring (bicyclic) bond motifs is 1. The molecule has 0 radical (unpaired) electrons. The summed E-state index contributed by atoms with van der Waals surface area (Å²) in [5, 5.41) is 23.3. The Morgan fingerprint density at radius 1 is 1.04 bits per heavy atom. The molecule has 0 aromatic heterocycles. The molecule has 0 bridgehead atoms. The molecule has 0 aliphatic carbocycles. The number of nitrogens with zero attached hydrogens (tertiary/aromatic N) is 2. The maximum Gasteiger partial charge on any atom is 0.296 e. The number of nitro benzene ring substituents is 1. The van der Waals surface area contributed by atoms with E-state index in [1.54, 1.807) is 12.1 Å². The highest BCUT2D eigenvalue weighted by molar-refractivity contribution is 5.99. The van der Waals surface area contributed by atoms with E-state index in [-0.39, 0.29) is 17.1 Å². The highest BCUT2D eigenvalue weighted by Crippen LogP contribution is 2.36. The highest BCUT2D eigenvalue weighted by Gasteiger charge is 2.17. The second-order valence-corrected chi connectivity index (χ2v) is 7.16. The maximum atomic E-state index is 11.3. The van der Waals surface area contributed by atoms with Gasteiger partial charge in [-0.15, -0.1) is 0 Å². The summed E-state index contributed by atoms with van der Waals surface area (Å²) in [6.07, 6.45) is 0. The van der Waals surface area contributed by atoms with Crippen molar-refractivity contribution < 1.29 is 10.0 Å². The quantitative estimate of drug-likeness (QED) is 0.180. The summed E-state index contributed by atoms with van der Waals surface area (Å²) in [5.74, 6) is 0.0339. The molecule has 0 unspecified atom stereocenters. The number of phenolic OH excluding ortho intramolecular Hbond substituents is 1. The summed E-state index contributed by atoms with van der Waals surface area (Å²) in [7, 11) is 6.15. The normalized spacial score (nSPS) is 11.4. The number of quaternary nitrogens is 1. The van der Waals surface area contributed by atoms with Gasteiger partial charge < -0.3 is 10.8 Å². The average Bonchev–Trinajstić information content (AvgIpc) is 2.60. The van der Waals surface area contributed by atoms with E-state index >= 15 is 0 Å². The van der Waals surface area contributed by atoms with Gasteiger partial charge in [-0.05, 0) is 35.7 Å². The van der Waals surface area contributed by atoms with Gasteiger partial charge in [0.1, 0.15) is 22.8 Å². The van der Waals surface area contributed by atoms with E-state index in [4.69, 9.17) is 5.73 Å². The molecule has 0 spiro atoms. The number of nitrogens with one attached hydrogen (secondary N) is 2. The van der Waals surface area contributed by atoms with Gasteiger partial charge in [0.2, 0.25) is 0 Å². The summed E-state index contributed by atoms with van der Waals surface area (Å²) in [6.45, 7) is 0.